The topological polar surface area (TPSA) is 75.7 Å². The van der Waals surface area contributed by atoms with Crippen LogP contribution in [0, 0.1) is 5.82 Å². The Morgan fingerprint density at radius 1 is 1.24 bits per heavy atom. The van der Waals surface area contributed by atoms with Gasteiger partial charge in [0.05, 0.1) is 11.5 Å². The van der Waals surface area contributed by atoms with Crippen molar-refractivity contribution < 1.29 is 23.5 Å². The van der Waals surface area contributed by atoms with Crippen LogP contribution >= 0.6 is 23.4 Å². The van der Waals surface area contributed by atoms with E-state index < -0.39 is 29.4 Å². The first-order chi connectivity index (χ1) is 13.9. The molecular weight excluding hydrogens is 419 g/mol. The van der Waals surface area contributed by atoms with Crippen molar-refractivity contribution in [1.29, 1.82) is 0 Å². The minimum Gasteiger partial charge on any atom is -0.493 e. The van der Waals surface area contributed by atoms with Gasteiger partial charge >= 0.3 is 0 Å². The number of benzene rings is 2. The molecule has 0 atom stereocenters. The third-order valence-electron chi connectivity index (χ3n) is 3.86. The molecule has 0 spiro atoms. The van der Waals surface area contributed by atoms with E-state index in [-0.39, 0.29) is 4.91 Å². The number of nitrogens with one attached hydrogen (secondary N) is 1. The van der Waals surface area contributed by atoms with Gasteiger partial charge in [0.25, 0.3) is 11.1 Å². The number of ether oxygens (including phenoxy) is 1. The number of halogens is 2. The molecule has 1 aliphatic heterocycles. The van der Waals surface area contributed by atoms with Gasteiger partial charge in [-0.3, -0.25) is 19.3 Å². The molecule has 3 rings (SSSR count). The highest BCUT2D eigenvalue weighted by Crippen LogP contribution is 2.34. The first-order valence-corrected chi connectivity index (χ1v) is 9.80. The Bertz CT molecular complexity index is 994. The maximum atomic E-state index is 12.9. The van der Waals surface area contributed by atoms with E-state index in [1.54, 1.807) is 18.2 Å². The summed E-state index contributed by atoms with van der Waals surface area (Å²) in [5.41, 5.74) is 0.916. The number of nitrogens with zero attached hydrogens (tertiary/aromatic N) is 1. The van der Waals surface area contributed by atoms with Crippen molar-refractivity contribution in [3.05, 3.63) is 63.8 Å². The molecule has 0 saturated carbocycles. The molecule has 0 unspecified atom stereocenters. The molecule has 9 heteroatoms. The first-order valence-electron chi connectivity index (χ1n) is 8.60. The number of anilines is 1. The van der Waals surface area contributed by atoms with Gasteiger partial charge in [-0.1, -0.05) is 11.6 Å². The summed E-state index contributed by atoms with van der Waals surface area (Å²) in [7, 11) is 0. The lowest BCUT2D eigenvalue weighted by Gasteiger charge is -2.12. The van der Waals surface area contributed by atoms with E-state index in [0.717, 1.165) is 16.7 Å². The van der Waals surface area contributed by atoms with E-state index >= 15 is 0 Å². The second kappa shape index (κ2) is 9.11. The van der Waals surface area contributed by atoms with Gasteiger partial charge in [0.1, 0.15) is 18.1 Å². The number of hydrogen-bond donors (Lipinski definition) is 1. The average Bonchev–Trinajstić information content (AvgIpc) is 2.93. The number of thioether (sulfide) groups is 1. The number of hydrogen-bond acceptors (Lipinski definition) is 5. The van der Waals surface area contributed by atoms with Gasteiger partial charge in [-0.25, -0.2) is 4.39 Å². The van der Waals surface area contributed by atoms with Crippen LogP contribution in [0.4, 0.5) is 14.9 Å². The number of carbonyl (C=O) groups is 3. The van der Waals surface area contributed by atoms with Crippen LogP contribution in [0.25, 0.3) is 6.08 Å². The largest absolute Gasteiger partial charge is 0.493 e. The summed E-state index contributed by atoms with van der Waals surface area (Å²) in [5, 5.41) is 2.41. The normalized spacial score (nSPS) is 15.1. The van der Waals surface area contributed by atoms with Gasteiger partial charge in [-0.15, -0.1) is 0 Å². The summed E-state index contributed by atoms with van der Waals surface area (Å²) in [6, 6.07) is 10.1. The zero-order chi connectivity index (χ0) is 21.0. The summed E-state index contributed by atoms with van der Waals surface area (Å²) in [5.74, 6) is -1.07. The molecule has 1 saturated heterocycles. The maximum absolute atomic E-state index is 12.9. The van der Waals surface area contributed by atoms with Gasteiger partial charge < -0.3 is 10.1 Å². The zero-order valence-corrected chi connectivity index (χ0v) is 16.8. The molecular formula is C20H16ClFN2O4S. The molecule has 150 valence electrons. The van der Waals surface area contributed by atoms with Gasteiger partial charge in [0.15, 0.2) is 0 Å². The Morgan fingerprint density at radius 3 is 2.66 bits per heavy atom. The molecule has 0 radical (unpaired) electrons. The third-order valence-corrected chi connectivity index (χ3v) is 5.00. The number of rotatable bonds is 6. The first kappa shape index (κ1) is 20.9. The number of carbonyl (C=O) groups excluding carboxylic acids is 3. The molecule has 0 aromatic heterocycles. The van der Waals surface area contributed by atoms with Crippen LogP contribution in [-0.2, 0) is 9.59 Å². The van der Waals surface area contributed by atoms with Crippen LogP contribution in [0.2, 0.25) is 5.02 Å². The lowest BCUT2D eigenvalue weighted by molar-refractivity contribution is -0.127. The highest BCUT2D eigenvalue weighted by Gasteiger charge is 2.36. The Kier molecular flexibility index (Phi) is 6.56. The average molecular weight is 435 g/mol. The van der Waals surface area contributed by atoms with Gasteiger partial charge in [0.2, 0.25) is 5.91 Å². The van der Waals surface area contributed by atoms with Gasteiger partial charge in [-0.05, 0) is 67.2 Å². The van der Waals surface area contributed by atoms with E-state index in [2.05, 4.69) is 5.32 Å². The minimum atomic E-state index is -0.586. The van der Waals surface area contributed by atoms with Crippen molar-refractivity contribution >= 4 is 52.2 Å². The second-order valence-electron chi connectivity index (χ2n) is 5.94. The van der Waals surface area contributed by atoms with E-state index in [1.165, 1.54) is 30.3 Å². The fraction of sp³-hybridized carbons (Fsp3) is 0.150. The molecule has 1 fully saturated rings. The van der Waals surface area contributed by atoms with Crippen molar-refractivity contribution in [1.82, 2.24) is 4.90 Å². The Balaban J connectivity index is 1.74. The summed E-state index contributed by atoms with van der Waals surface area (Å²) in [4.78, 5) is 38.0. The fourth-order valence-corrected chi connectivity index (χ4v) is 3.58. The monoisotopic (exact) mass is 434 g/mol. The molecule has 6 nitrogen and oxygen atoms in total. The molecule has 2 aromatic carbocycles. The van der Waals surface area contributed by atoms with Crippen LogP contribution in [0.5, 0.6) is 5.75 Å². The molecule has 0 bridgehead atoms. The van der Waals surface area contributed by atoms with Crippen molar-refractivity contribution in [2.75, 3.05) is 18.5 Å². The Labute approximate surface area is 175 Å². The number of amides is 3. The van der Waals surface area contributed by atoms with Crippen LogP contribution in [0.15, 0.2) is 47.4 Å². The summed E-state index contributed by atoms with van der Waals surface area (Å²) >= 11 is 6.75. The third kappa shape index (κ3) is 5.16. The quantitative estimate of drug-likeness (QED) is 0.675. The summed E-state index contributed by atoms with van der Waals surface area (Å²) in [6.07, 6.45) is 1.51. The molecule has 0 aliphatic carbocycles. The molecule has 1 aliphatic rings. The van der Waals surface area contributed by atoms with E-state index in [9.17, 15) is 18.8 Å². The van der Waals surface area contributed by atoms with Crippen molar-refractivity contribution in [3.63, 3.8) is 0 Å². The standard InChI is InChI=1S/C20H16ClFN2O4S/c1-2-28-16-8-3-13(21)9-12(16)10-17-19(26)24(20(27)29-17)11-18(25)23-15-6-4-14(22)5-7-15/h3-10H,2,11H2,1H3,(H,23,25)/b17-10+. The predicted molar refractivity (Wildman–Crippen MR) is 110 cm³/mol. The van der Waals surface area contributed by atoms with Crippen molar-refractivity contribution in [3.8, 4) is 5.75 Å². The highest BCUT2D eigenvalue weighted by molar-refractivity contribution is 8.18. The Morgan fingerprint density at radius 2 is 1.97 bits per heavy atom. The van der Waals surface area contributed by atoms with Crippen LogP contribution < -0.4 is 10.1 Å². The van der Waals surface area contributed by atoms with E-state index in [4.69, 9.17) is 16.3 Å². The highest BCUT2D eigenvalue weighted by atomic mass is 35.5. The molecule has 1 N–H and O–H groups in total. The second-order valence-corrected chi connectivity index (χ2v) is 7.37. The van der Waals surface area contributed by atoms with Crippen LogP contribution in [0.1, 0.15) is 12.5 Å². The minimum absolute atomic E-state index is 0.160. The van der Waals surface area contributed by atoms with Crippen molar-refractivity contribution in [2.24, 2.45) is 0 Å². The lowest BCUT2D eigenvalue weighted by atomic mass is 10.2. The summed E-state index contributed by atoms with van der Waals surface area (Å²) in [6.45, 7) is 1.80. The van der Waals surface area contributed by atoms with E-state index in [1.807, 2.05) is 6.92 Å². The Hall–Kier alpha value is -2.84. The van der Waals surface area contributed by atoms with Crippen LogP contribution in [-0.4, -0.2) is 35.1 Å². The van der Waals surface area contributed by atoms with Crippen LogP contribution in [0.3, 0.4) is 0 Å². The summed E-state index contributed by atoms with van der Waals surface area (Å²) < 4.78 is 18.5. The number of imide groups is 1. The molecule has 1 heterocycles. The predicted octanol–water partition coefficient (Wildman–Crippen LogP) is 4.55. The SMILES string of the molecule is CCOc1ccc(Cl)cc1/C=C1/SC(=O)N(CC(=O)Nc2ccc(F)cc2)C1=O. The van der Waals surface area contributed by atoms with E-state index in [0.29, 0.717) is 28.6 Å². The van der Waals surface area contributed by atoms with Gasteiger partial charge in [-0.2, -0.15) is 0 Å². The maximum Gasteiger partial charge on any atom is 0.294 e. The zero-order valence-electron chi connectivity index (χ0n) is 15.3. The molecule has 29 heavy (non-hydrogen) atoms. The van der Waals surface area contributed by atoms with Gasteiger partial charge in [0, 0.05) is 16.3 Å². The molecule has 3 amide bonds. The smallest absolute Gasteiger partial charge is 0.294 e. The van der Waals surface area contributed by atoms with Crippen molar-refractivity contribution in [2.45, 2.75) is 6.92 Å². The lowest BCUT2D eigenvalue weighted by Crippen LogP contribution is -2.36. The molecule has 2 aromatic rings. The fourth-order valence-electron chi connectivity index (χ4n) is 2.57.